The molecule has 0 aromatic heterocycles. The predicted octanol–water partition coefficient (Wildman–Crippen LogP) is 8.60. The summed E-state index contributed by atoms with van der Waals surface area (Å²) in [6, 6.07) is 31.9. The van der Waals surface area contributed by atoms with Crippen molar-refractivity contribution in [3.63, 3.8) is 0 Å². The van der Waals surface area contributed by atoms with Crippen molar-refractivity contribution >= 4 is 0 Å². The highest BCUT2D eigenvalue weighted by Gasteiger charge is 2.41. The van der Waals surface area contributed by atoms with Crippen LogP contribution >= 0.6 is 0 Å². The Morgan fingerprint density at radius 1 is 0.406 bits per heavy atom. The molecule has 0 spiro atoms. The van der Waals surface area contributed by atoms with Crippen LogP contribution in [0.1, 0.15) is 61.1 Å². The summed E-state index contributed by atoms with van der Waals surface area (Å²) in [6.45, 7) is 13.9. The third kappa shape index (κ3) is 3.21. The summed E-state index contributed by atoms with van der Waals surface area (Å²) in [4.78, 5) is 0. The first-order chi connectivity index (χ1) is 15.2. The van der Waals surface area contributed by atoms with E-state index in [9.17, 15) is 0 Å². The van der Waals surface area contributed by atoms with Gasteiger partial charge in [0.1, 0.15) is 0 Å². The lowest BCUT2D eigenvalue weighted by atomic mass is 9.59. The molecular weight excluding hydrogens is 384 g/mol. The number of hydrogen-bond donors (Lipinski definition) is 0. The van der Waals surface area contributed by atoms with Crippen LogP contribution in [0.2, 0.25) is 0 Å². The van der Waals surface area contributed by atoms with Crippen molar-refractivity contribution in [2.45, 2.75) is 52.4 Å². The molecule has 4 aromatic rings. The molecule has 1 aliphatic rings. The molecule has 0 heteroatoms. The lowest BCUT2D eigenvalue weighted by molar-refractivity contribution is 0.521. The molecule has 0 heterocycles. The van der Waals surface area contributed by atoms with Gasteiger partial charge in [0.2, 0.25) is 0 Å². The Morgan fingerprint density at radius 3 is 1.16 bits per heavy atom. The van der Waals surface area contributed by atoms with Crippen LogP contribution in [0, 0.1) is 13.8 Å². The van der Waals surface area contributed by atoms with E-state index >= 15 is 0 Å². The molecule has 32 heavy (non-hydrogen) atoms. The number of hydrogen-bond acceptors (Lipinski definition) is 0. The molecule has 160 valence electrons. The monoisotopic (exact) mass is 416 g/mol. The smallest absolute Gasteiger partial charge is 0.0152 e. The predicted molar refractivity (Wildman–Crippen MR) is 137 cm³/mol. The highest BCUT2D eigenvalue weighted by molar-refractivity contribution is 5.72. The highest BCUT2D eigenvalue weighted by Crippen LogP contribution is 2.51. The van der Waals surface area contributed by atoms with E-state index in [-0.39, 0.29) is 10.8 Å². The normalized spacial score (nSPS) is 15.7. The second kappa shape index (κ2) is 7.20. The first-order valence-electron chi connectivity index (χ1n) is 11.6. The van der Waals surface area contributed by atoms with Crippen LogP contribution in [-0.4, -0.2) is 0 Å². The van der Waals surface area contributed by atoms with Gasteiger partial charge in [-0.3, -0.25) is 0 Å². The molecule has 1 aliphatic carbocycles. The molecule has 0 aliphatic heterocycles. The fourth-order valence-electron chi connectivity index (χ4n) is 5.51. The van der Waals surface area contributed by atoms with Gasteiger partial charge in [-0.05, 0) is 70.5 Å². The van der Waals surface area contributed by atoms with E-state index in [1.54, 1.807) is 0 Å². The van der Waals surface area contributed by atoms with Crippen molar-refractivity contribution in [2.75, 3.05) is 0 Å². The van der Waals surface area contributed by atoms with Gasteiger partial charge in [-0.15, -0.1) is 0 Å². The quantitative estimate of drug-likeness (QED) is 0.307. The first kappa shape index (κ1) is 20.8. The molecule has 0 amide bonds. The maximum Gasteiger partial charge on any atom is 0.0152 e. The fraction of sp³-hybridized carbons (Fsp3) is 0.250. The summed E-state index contributed by atoms with van der Waals surface area (Å²) in [5.74, 6) is 0. The standard InChI is InChI=1S/C32H32/c1-21-9-7-11-23(17-21)25-13-15-27-29(19-25)31(3,4)28-16-14-26(20-30(28)32(27,5)6)24-12-8-10-22(2)18-24/h7-20H,1-6H3. The van der Waals surface area contributed by atoms with Crippen LogP contribution in [0.15, 0.2) is 84.9 Å². The zero-order valence-electron chi connectivity index (χ0n) is 20.1. The minimum absolute atomic E-state index is 0.0504. The Morgan fingerprint density at radius 2 is 0.781 bits per heavy atom. The minimum Gasteiger partial charge on any atom is -0.0614 e. The molecule has 0 unspecified atom stereocenters. The third-order valence-electron chi connectivity index (χ3n) is 7.44. The second-order valence-corrected chi connectivity index (χ2v) is 10.5. The Kier molecular flexibility index (Phi) is 4.67. The zero-order chi connectivity index (χ0) is 22.7. The Hall–Kier alpha value is -3.12. The van der Waals surface area contributed by atoms with Crippen molar-refractivity contribution in [3.8, 4) is 22.3 Å². The second-order valence-electron chi connectivity index (χ2n) is 10.5. The topological polar surface area (TPSA) is 0 Å². The van der Waals surface area contributed by atoms with Gasteiger partial charge in [0.25, 0.3) is 0 Å². The van der Waals surface area contributed by atoms with Gasteiger partial charge in [-0.1, -0.05) is 112 Å². The van der Waals surface area contributed by atoms with E-state index in [0.717, 1.165) is 0 Å². The number of benzene rings is 4. The van der Waals surface area contributed by atoms with Crippen molar-refractivity contribution < 1.29 is 0 Å². The van der Waals surface area contributed by atoms with Gasteiger partial charge in [0.15, 0.2) is 0 Å². The van der Waals surface area contributed by atoms with Crippen LogP contribution in [0.25, 0.3) is 22.3 Å². The molecular formula is C32H32. The van der Waals surface area contributed by atoms with E-state index in [1.807, 2.05) is 0 Å². The van der Waals surface area contributed by atoms with Crippen LogP contribution in [0.4, 0.5) is 0 Å². The van der Waals surface area contributed by atoms with E-state index in [4.69, 9.17) is 0 Å². The van der Waals surface area contributed by atoms with E-state index in [2.05, 4.69) is 126 Å². The summed E-state index contributed by atoms with van der Waals surface area (Å²) >= 11 is 0. The van der Waals surface area contributed by atoms with Gasteiger partial charge in [-0.25, -0.2) is 0 Å². The maximum absolute atomic E-state index is 2.43. The lowest BCUT2D eigenvalue weighted by Gasteiger charge is -2.44. The number of aryl methyl sites for hydroxylation is 2. The third-order valence-corrected chi connectivity index (χ3v) is 7.44. The summed E-state index contributed by atoms with van der Waals surface area (Å²) in [5, 5.41) is 0. The van der Waals surface area contributed by atoms with E-state index < -0.39 is 0 Å². The highest BCUT2D eigenvalue weighted by atomic mass is 14.4. The number of fused-ring (bicyclic) bond motifs is 2. The van der Waals surface area contributed by atoms with Gasteiger partial charge < -0.3 is 0 Å². The minimum atomic E-state index is -0.0504. The molecule has 0 fully saturated rings. The van der Waals surface area contributed by atoms with E-state index in [0.29, 0.717) is 0 Å². The summed E-state index contributed by atoms with van der Waals surface area (Å²) in [5.41, 5.74) is 13.4. The van der Waals surface area contributed by atoms with Crippen LogP contribution in [0.3, 0.4) is 0 Å². The molecule has 0 bridgehead atoms. The summed E-state index contributed by atoms with van der Waals surface area (Å²) in [6.07, 6.45) is 0. The molecule has 0 nitrogen and oxygen atoms in total. The average Bonchev–Trinajstić information content (AvgIpc) is 2.77. The van der Waals surface area contributed by atoms with E-state index in [1.165, 1.54) is 55.6 Å². The molecule has 0 saturated carbocycles. The van der Waals surface area contributed by atoms with Crippen LogP contribution in [-0.2, 0) is 10.8 Å². The largest absolute Gasteiger partial charge is 0.0614 e. The fourth-order valence-corrected chi connectivity index (χ4v) is 5.51. The van der Waals surface area contributed by atoms with Crippen molar-refractivity contribution in [3.05, 3.63) is 118 Å². The molecule has 5 rings (SSSR count). The molecule has 0 saturated heterocycles. The molecule has 0 N–H and O–H groups in total. The molecule has 0 radical (unpaired) electrons. The first-order valence-corrected chi connectivity index (χ1v) is 11.6. The van der Waals surface area contributed by atoms with Crippen LogP contribution in [0.5, 0.6) is 0 Å². The van der Waals surface area contributed by atoms with Gasteiger partial charge in [0, 0.05) is 10.8 Å². The van der Waals surface area contributed by atoms with Crippen LogP contribution < -0.4 is 0 Å². The van der Waals surface area contributed by atoms with Gasteiger partial charge >= 0.3 is 0 Å². The number of rotatable bonds is 2. The Bertz CT molecular complexity index is 1230. The van der Waals surface area contributed by atoms with Crippen molar-refractivity contribution in [2.24, 2.45) is 0 Å². The zero-order valence-corrected chi connectivity index (χ0v) is 20.1. The Balaban J connectivity index is 1.68. The van der Waals surface area contributed by atoms with Crippen molar-refractivity contribution in [1.29, 1.82) is 0 Å². The summed E-state index contributed by atoms with van der Waals surface area (Å²) < 4.78 is 0. The molecule has 4 aromatic carbocycles. The SMILES string of the molecule is Cc1cccc(-c2ccc3c(c2)C(C)(C)c2ccc(-c4cccc(C)c4)cc2C3(C)C)c1. The lowest BCUT2D eigenvalue weighted by Crippen LogP contribution is -2.36. The molecule has 0 atom stereocenters. The van der Waals surface area contributed by atoms with Gasteiger partial charge in [-0.2, -0.15) is 0 Å². The Labute approximate surface area is 193 Å². The summed E-state index contributed by atoms with van der Waals surface area (Å²) in [7, 11) is 0. The average molecular weight is 417 g/mol. The van der Waals surface area contributed by atoms with Gasteiger partial charge in [0.05, 0.1) is 0 Å². The van der Waals surface area contributed by atoms with Crippen molar-refractivity contribution in [1.82, 2.24) is 0 Å². The maximum atomic E-state index is 2.43.